The number of hydrogen-bond acceptors (Lipinski definition) is 6. The van der Waals surface area contributed by atoms with Crippen LogP contribution in [0.25, 0.3) is 43.1 Å². The zero-order chi connectivity index (χ0) is 95.1. The molecule has 0 radical (unpaired) electrons. The number of fused-ring (bicyclic) bond motifs is 14. The average Bonchev–Trinajstić information content (AvgIpc) is 1.58. The van der Waals surface area contributed by atoms with Gasteiger partial charge in [-0.25, -0.2) is 8.42 Å². The van der Waals surface area contributed by atoms with Gasteiger partial charge in [-0.3, -0.25) is 0 Å². The number of hydrogen-bond donors (Lipinski definition) is 0. The fourth-order valence-electron chi connectivity index (χ4n) is 22.6. The molecule has 6 aliphatic heterocycles. The lowest BCUT2D eigenvalue weighted by Crippen LogP contribution is -2.28. The molecular weight excluding hydrogens is 1640 g/mol. The van der Waals surface area contributed by atoms with Crippen LogP contribution in [0.4, 0.5) is 34.1 Å². The highest BCUT2D eigenvalue weighted by Gasteiger charge is 2.49. The first kappa shape index (κ1) is 98.2. The monoisotopic (exact) mass is 1790 g/mol. The highest BCUT2D eigenvalue weighted by Crippen LogP contribution is 2.55. The summed E-state index contributed by atoms with van der Waals surface area (Å²) in [4.78, 5) is 7.37. The van der Waals surface area contributed by atoms with Crippen molar-refractivity contribution in [1.82, 2.24) is 0 Å². The van der Waals surface area contributed by atoms with Crippen molar-refractivity contribution in [3.8, 4) is 0 Å². The number of allylic oxidation sites excluding steroid dienone is 18. The Bertz CT molecular complexity index is 6500. The van der Waals surface area contributed by atoms with Crippen LogP contribution in [0.15, 0.2) is 295 Å². The van der Waals surface area contributed by atoms with Gasteiger partial charge in [-0.05, 0) is 218 Å². The number of benzene rings is 10. The van der Waals surface area contributed by atoms with E-state index in [2.05, 4.69) is 436 Å². The van der Waals surface area contributed by atoms with Gasteiger partial charge in [0.2, 0.25) is 17.1 Å². The van der Waals surface area contributed by atoms with Gasteiger partial charge in [0.05, 0.1) is 21.1 Å². The molecule has 16 rings (SSSR count). The van der Waals surface area contributed by atoms with Gasteiger partial charge < -0.3 is 19.3 Å². The maximum Gasteiger partial charge on any atom is 0.210 e. The summed E-state index contributed by atoms with van der Waals surface area (Å²) in [6.07, 6.45) is 52.0. The second kappa shape index (κ2) is 41.2. The Morgan fingerprint density at radius 3 is 1.16 bits per heavy atom. The van der Waals surface area contributed by atoms with Crippen molar-refractivity contribution in [3.05, 3.63) is 329 Å². The van der Waals surface area contributed by atoms with Gasteiger partial charge in [0.25, 0.3) is 0 Å². The number of rotatable bonds is 32. The van der Waals surface area contributed by atoms with E-state index in [1.807, 2.05) is 0 Å². The van der Waals surface area contributed by atoms with Crippen LogP contribution in [0, 0.1) is 24.7 Å². The van der Waals surface area contributed by atoms with Crippen molar-refractivity contribution in [2.75, 3.05) is 55.0 Å². The third-order valence-electron chi connectivity index (χ3n) is 29.7. The lowest BCUT2D eigenvalue weighted by atomic mass is 9.79. The van der Waals surface area contributed by atoms with E-state index in [1.54, 1.807) is 12.1 Å². The van der Waals surface area contributed by atoms with Crippen molar-refractivity contribution in [2.24, 2.45) is 17.8 Å². The van der Waals surface area contributed by atoms with Crippen LogP contribution in [-0.2, 0) is 42.6 Å². The molecule has 0 amide bonds. The number of anilines is 3. The average molecular weight is 1790 g/mol. The second-order valence-corrected chi connectivity index (χ2v) is 44.2. The minimum Gasteiger partial charge on any atom is -0.744 e. The molecule has 10 aromatic carbocycles. The fourth-order valence-corrected chi connectivity index (χ4v) is 23.1. The van der Waals surface area contributed by atoms with E-state index < -0.39 is 15.5 Å². The van der Waals surface area contributed by atoms with Gasteiger partial charge in [0.15, 0.2) is 17.1 Å². The summed E-state index contributed by atoms with van der Waals surface area (Å²) in [5.74, 6) is 2.26. The van der Waals surface area contributed by atoms with Crippen LogP contribution in [0.3, 0.4) is 0 Å². The molecule has 0 saturated carbocycles. The molecule has 9 nitrogen and oxygen atoms in total. The highest BCUT2D eigenvalue weighted by atomic mass is 32.2. The molecule has 0 saturated heterocycles. The standard InChI is InChI=1S/C46H57N2.C42H49N2.C35H46N2O3S/c1-8-9-19-32-47-39-30-28-35-22-15-17-24-37(35)43(39)45(4,5)41(47)26-13-10-14-27-42-46(6,7)44-38-25-18-16-23-36(38)29-31-40(44)48(42)33-20-11-12-21-34(2)3;1-30(2)18-10-9-17-29-44-36-28-26-32-20-14-16-22-34(32)40(36)42(5,6)38(44)24-12-8-11-23-37-41(3,4)39-33-21-15-13-19-31(33)25-27-35(39)43(37)7;1-25(2)15-11-10-14-22-37-31-21-19-27(41(38,39)40)24-29(31)35(6,7)33(37)17-13-9-12-16-32-34(4,5)28-23-26(3)18-20-30(28)36(32)8/h10,13-18,22-31,34H,8-9,11-12,19-21,32-33H2,1-7H3;8,11-16,19-28,30H,9-10,17-18,29H2,1-7H3;9,12-13,16-21,23-25H,10-11,14-15,22H2,1-8H3/q2*+1;. The maximum absolute atomic E-state index is 11.8. The van der Waals surface area contributed by atoms with E-state index in [0.717, 1.165) is 67.8 Å². The summed E-state index contributed by atoms with van der Waals surface area (Å²) in [6, 6.07) is 65.4. The molecule has 696 valence electrons. The Hall–Kier alpha value is -10.8. The Labute approximate surface area is 799 Å². The van der Waals surface area contributed by atoms with Crippen molar-refractivity contribution < 1.29 is 26.7 Å². The predicted molar refractivity (Wildman–Crippen MR) is 572 cm³/mol. The summed E-state index contributed by atoms with van der Waals surface area (Å²) in [7, 11) is -0.198. The minimum atomic E-state index is -4.53. The molecule has 0 spiro atoms. The summed E-state index contributed by atoms with van der Waals surface area (Å²) < 4.78 is 42.7. The first-order valence-corrected chi connectivity index (χ1v) is 51.5. The van der Waals surface area contributed by atoms with Gasteiger partial charge in [-0.1, -0.05) is 330 Å². The molecule has 10 aromatic rings. The van der Waals surface area contributed by atoms with Crippen LogP contribution >= 0.6 is 0 Å². The van der Waals surface area contributed by atoms with E-state index >= 15 is 0 Å². The maximum atomic E-state index is 11.8. The predicted octanol–water partition coefficient (Wildman–Crippen LogP) is 31.5. The molecule has 0 N–H and O–H groups in total. The molecular formula is C123H152N6O3S+2. The topological polar surface area (TPSA) is 76.0 Å². The summed E-state index contributed by atoms with van der Waals surface area (Å²) >= 11 is 0. The Kier molecular flexibility index (Phi) is 30.4. The summed E-state index contributed by atoms with van der Waals surface area (Å²) in [5, 5.41) is 10.8. The molecule has 10 heteroatoms. The molecule has 0 unspecified atom stereocenters. The molecule has 0 aliphatic carbocycles. The van der Waals surface area contributed by atoms with Crippen LogP contribution in [0.2, 0.25) is 0 Å². The van der Waals surface area contributed by atoms with Crippen molar-refractivity contribution >= 4 is 104 Å². The molecule has 133 heavy (non-hydrogen) atoms. The third-order valence-corrected chi connectivity index (χ3v) is 30.5. The highest BCUT2D eigenvalue weighted by molar-refractivity contribution is 7.85. The van der Waals surface area contributed by atoms with Crippen molar-refractivity contribution in [3.63, 3.8) is 0 Å². The number of aryl methyl sites for hydroxylation is 1. The fraction of sp³-hybridized carbons (Fsp3) is 0.407. The molecule has 0 bridgehead atoms. The van der Waals surface area contributed by atoms with Crippen LogP contribution in [-0.4, -0.2) is 84.1 Å². The van der Waals surface area contributed by atoms with E-state index in [4.69, 9.17) is 0 Å². The van der Waals surface area contributed by atoms with Gasteiger partial charge >= 0.3 is 0 Å². The van der Waals surface area contributed by atoms with E-state index in [-0.39, 0.29) is 32.0 Å². The zero-order valence-electron chi connectivity index (χ0n) is 84.5. The number of unbranched alkanes of at least 4 members (excludes halogenated alkanes) is 8. The normalized spacial score (nSPS) is 18.2. The van der Waals surface area contributed by atoms with Crippen molar-refractivity contribution in [2.45, 2.75) is 272 Å². The van der Waals surface area contributed by atoms with Crippen molar-refractivity contribution in [1.29, 1.82) is 0 Å². The van der Waals surface area contributed by atoms with Gasteiger partial charge in [-0.15, -0.1) is 0 Å². The Morgan fingerprint density at radius 1 is 0.346 bits per heavy atom. The molecule has 0 aromatic heterocycles. The third kappa shape index (κ3) is 20.5. The largest absolute Gasteiger partial charge is 0.744 e. The SMILES string of the molecule is CC(C)CCCCCN1C(=CC=CC=CC2=[N+](C)c3ccc4ccccc4c3C2(C)C)C(C)(C)c2c1ccc1ccccc21.CCCCC[N+]1=C(/C=C/C=C/C=C2/N(CCCCCC(C)C)c3ccc4ccccc4c3C2(C)C)C(C)(C)c2c1ccc1ccccc21.Cc1ccc2c(c1)C(C)(C)C(C=CC=CC=C1N(CCCCCC(C)C)c3ccc(S(=O)(=O)[O-])cc3C1(C)C)=[N+]2C. The smallest absolute Gasteiger partial charge is 0.210 e. The van der Waals surface area contributed by atoms with E-state index in [9.17, 15) is 13.0 Å². The summed E-state index contributed by atoms with van der Waals surface area (Å²) in [5.41, 5.74) is 24.0. The molecule has 6 heterocycles. The van der Waals surface area contributed by atoms with Gasteiger partial charge in [0, 0.05) is 130 Å². The summed E-state index contributed by atoms with van der Waals surface area (Å²) in [6.45, 7) is 50.2. The first-order valence-electron chi connectivity index (χ1n) is 50.1. The molecule has 6 aliphatic rings. The zero-order valence-corrected chi connectivity index (χ0v) is 85.3. The quantitative estimate of drug-likeness (QED) is 0.0181. The first-order chi connectivity index (χ1) is 63.4. The Balaban J connectivity index is 0.000000161. The second-order valence-electron chi connectivity index (χ2n) is 42.8. The van der Waals surface area contributed by atoms with E-state index in [0.29, 0.717) is 5.92 Å². The van der Waals surface area contributed by atoms with E-state index in [1.165, 1.54) is 223 Å². The minimum absolute atomic E-state index is 0.0732. The molecule has 0 atom stereocenters. The van der Waals surface area contributed by atoms with Crippen LogP contribution < -0.4 is 14.7 Å². The van der Waals surface area contributed by atoms with Gasteiger partial charge in [-0.2, -0.15) is 13.7 Å². The van der Waals surface area contributed by atoms with Crippen LogP contribution in [0.1, 0.15) is 267 Å². The lowest BCUT2D eigenvalue weighted by molar-refractivity contribution is -0.438. The van der Waals surface area contributed by atoms with Crippen LogP contribution in [0.5, 0.6) is 0 Å². The molecule has 0 fully saturated rings. The lowest BCUT2D eigenvalue weighted by Gasteiger charge is -2.27. The Morgan fingerprint density at radius 2 is 0.714 bits per heavy atom. The van der Waals surface area contributed by atoms with Gasteiger partial charge in [0.1, 0.15) is 30.8 Å². The number of nitrogens with zero attached hydrogens (tertiary/aromatic N) is 6.